The predicted molar refractivity (Wildman–Crippen MR) is 95.9 cm³/mol. The van der Waals surface area contributed by atoms with Gasteiger partial charge in [-0.3, -0.25) is 10.1 Å². The molecule has 0 bridgehead atoms. The van der Waals surface area contributed by atoms with Gasteiger partial charge < -0.3 is 9.64 Å². The number of H-pyrrole nitrogens is 1. The van der Waals surface area contributed by atoms with Gasteiger partial charge in [0.15, 0.2) is 5.82 Å². The highest BCUT2D eigenvalue weighted by Gasteiger charge is 2.18. The van der Waals surface area contributed by atoms with Crippen molar-refractivity contribution >= 4 is 11.9 Å². The van der Waals surface area contributed by atoms with Gasteiger partial charge in [0, 0.05) is 43.4 Å². The second-order valence-electron chi connectivity index (χ2n) is 6.50. The standard InChI is InChI=1S/C18H22N6O/c1-13-15(2-3-16(22-13)18-20-12-21-23-18)17-11-24(7-6-19-17)10-14-4-8-25-9-5-14/h2-3,6,11-12,14H,4-5,7-10H2,1H3,(H,20,21,23). The van der Waals surface area contributed by atoms with E-state index in [0.29, 0.717) is 11.7 Å². The average Bonchev–Trinajstić information content (AvgIpc) is 3.17. The van der Waals surface area contributed by atoms with Crippen LogP contribution in [0, 0.1) is 12.8 Å². The molecule has 0 spiro atoms. The van der Waals surface area contributed by atoms with Crippen LogP contribution >= 0.6 is 0 Å². The van der Waals surface area contributed by atoms with E-state index < -0.39 is 0 Å². The Bertz CT molecular complexity index is 777. The Labute approximate surface area is 146 Å². The maximum atomic E-state index is 5.46. The lowest BCUT2D eigenvalue weighted by molar-refractivity contribution is 0.0591. The van der Waals surface area contributed by atoms with Crippen molar-refractivity contribution in [3.63, 3.8) is 0 Å². The molecule has 2 aliphatic rings. The van der Waals surface area contributed by atoms with Crippen molar-refractivity contribution in [2.75, 3.05) is 26.3 Å². The highest BCUT2D eigenvalue weighted by molar-refractivity contribution is 5.78. The molecule has 0 radical (unpaired) electrons. The van der Waals surface area contributed by atoms with Gasteiger partial charge in [0.1, 0.15) is 12.0 Å². The predicted octanol–water partition coefficient (Wildman–Crippen LogP) is 2.29. The lowest BCUT2D eigenvalue weighted by atomic mass is 9.99. The van der Waals surface area contributed by atoms with Crippen molar-refractivity contribution in [3.05, 3.63) is 35.9 Å². The van der Waals surface area contributed by atoms with Crippen LogP contribution in [0.25, 0.3) is 17.2 Å². The molecular weight excluding hydrogens is 316 g/mol. The maximum Gasteiger partial charge on any atom is 0.174 e. The van der Waals surface area contributed by atoms with E-state index in [0.717, 1.165) is 61.8 Å². The topological polar surface area (TPSA) is 79.3 Å². The Morgan fingerprint density at radius 3 is 2.92 bits per heavy atom. The van der Waals surface area contributed by atoms with Crippen molar-refractivity contribution in [2.24, 2.45) is 10.9 Å². The number of pyridine rings is 1. The molecular formula is C18H22N6O. The van der Waals surface area contributed by atoms with Crippen LogP contribution in [0.1, 0.15) is 24.1 Å². The van der Waals surface area contributed by atoms with Gasteiger partial charge in [0.2, 0.25) is 0 Å². The lowest BCUT2D eigenvalue weighted by Gasteiger charge is -2.30. The SMILES string of the molecule is Cc1nc(-c2ncn[nH]2)ccc1C1=CN(CC2CCOCC2)CC=N1. The molecule has 0 aromatic carbocycles. The molecule has 4 rings (SSSR count). The number of nitrogens with one attached hydrogen (secondary N) is 1. The third-order valence-electron chi connectivity index (χ3n) is 4.70. The summed E-state index contributed by atoms with van der Waals surface area (Å²) in [6, 6.07) is 4.01. The zero-order chi connectivity index (χ0) is 17.1. The largest absolute Gasteiger partial charge is 0.381 e. The number of aromatic nitrogens is 4. The van der Waals surface area contributed by atoms with E-state index >= 15 is 0 Å². The summed E-state index contributed by atoms with van der Waals surface area (Å²) in [4.78, 5) is 15.7. The number of nitrogens with zero attached hydrogens (tertiary/aromatic N) is 5. The summed E-state index contributed by atoms with van der Waals surface area (Å²) < 4.78 is 5.46. The van der Waals surface area contributed by atoms with Gasteiger partial charge in [-0.15, -0.1) is 0 Å². The lowest BCUT2D eigenvalue weighted by Crippen LogP contribution is -2.31. The summed E-state index contributed by atoms with van der Waals surface area (Å²) >= 11 is 0. The zero-order valence-electron chi connectivity index (χ0n) is 14.4. The van der Waals surface area contributed by atoms with E-state index in [-0.39, 0.29) is 0 Å². The van der Waals surface area contributed by atoms with Crippen LogP contribution in [-0.4, -0.2) is 57.6 Å². The monoisotopic (exact) mass is 338 g/mol. The number of aliphatic imine (C=N–C) groups is 1. The number of rotatable bonds is 4. The second kappa shape index (κ2) is 7.14. The summed E-state index contributed by atoms with van der Waals surface area (Å²) in [6.07, 6.45) is 7.92. The van der Waals surface area contributed by atoms with Gasteiger partial charge in [0.05, 0.1) is 12.2 Å². The summed E-state index contributed by atoms with van der Waals surface area (Å²) in [7, 11) is 0. The number of aryl methyl sites for hydroxylation is 1. The molecule has 1 N–H and O–H groups in total. The Morgan fingerprint density at radius 1 is 1.28 bits per heavy atom. The molecule has 2 aliphatic heterocycles. The second-order valence-corrected chi connectivity index (χ2v) is 6.50. The van der Waals surface area contributed by atoms with Gasteiger partial charge in [-0.2, -0.15) is 5.10 Å². The molecule has 0 aliphatic carbocycles. The van der Waals surface area contributed by atoms with Crippen LogP contribution < -0.4 is 0 Å². The van der Waals surface area contributed by atoms with Gasteiger partial charge in [-0.05, 0) is 37.8 Å². The fraction of sp³-hybridized carbons (Fsp3) is 0.444. The van der Waals surface area contributed by atoms with Crippen LogP contribution in [0.3, 0.4) is 0 Å². The van der Waals surface area contributed by atoms with E-state index in [2.05, 4.69) is 42.3 Å². The number of hydrogen-bond donors (Lipinski definition) is 1. The highest BCUT2D eigenvalue weighted by Crippen LogP contribution is 2.25. The average molecular weight is 338 g/mol. The minimum Gasteiger partial charge on any atom is -0.381 e. The van der Waals surface area contributed by atoms with E-state index in [9.17, 15) is 0 Å². The Kier molecular flexibility index (Phi) is 4.56. The van der Waals surface area contributed by atoms with Gasteiger partial charge >= 0.3 is 0 Å². The van der Waals surface area contributed by atoms with Crippen LogP contribution in [0.15, 0.2) is 29.7 Å². The minimum absolute atomic E-state index is 0.678. The smallest absolute Gasteiger partial charge is 0.174 e. The van der Waals surface area contributed by atoms with Crippen molar-refractivity contribution < 1.29 is 4.74 Å². The first-order valence-electron chi connectivity index (χ1n) is 8.69. The molecule has 1 fully saturated rings. The molecule has 4 heterocycles. The van der Waals surface area contributed by atoms with Crippen LogP contribution in [0.4, 0.5) is 0 Å². The first-order chi connectivity index (χ1) is 12.3. The van der Waals surface area contributed by atoms with Crippen molar-refractivity contribution in [2.45, 2.75) is 19.8 Å². The maximum absolute atomic E-state index is 5.46. The summed E-state index contributed by atoms with van der Waals surface area (Å²) in [5, 5.41) is 6.73. The molecule has 0 atom stereocenters. The van der Waals surface area contributed by atoms with E-state index in [1.807, 2.05) is 19.2 Å². The third-order valence-corrected chi connectivity index (χ3v) is 4.70. The number of ether oxygens (including phenoxy) is 1. The molecule has 0 unspecified atom stereocenters. The van der Waals surface area contributed by atoms with Crippen molar-refractivity contribution in [1.29, 1.82) is 0 Å². The summed E-state index contributed by atoms with van der Waals surface area (Å²) in [5.41, 5.74) is 3.74. The summed E-state index contributed by atoms with van der Waals surface area (Å²) in [5.74, 6) is 1.38. The molecule has 1 saturated heterocycles. The van der Waals surface area contributed by atoms with Crippen LogP contribution in [0.2, 0.25) is 0 Å². The number of aromatic amines is 1. The minimum atomic E-state index is 0.678. The van der Waals surface area contributed by atoms with Gasteiger partial charge in [-0.25, -0.2) is 9.97 Å². The van der Waals surface area contributed by atoms with Gasteiger partial charge in [-0.1, -0.05) is 0 Å². The third kappa shape index (κ3) is 3.61. The van der Waals surface area contributed by atoms with Crippen LogP contribution in [-0.2, 0) is 4.74 Å². The zero-order valence-corrected chi connectivity index (χ0v) is 14.4. The normalized spacial score (nSPS) is 18.4. The molecule has 0 saturated carbocycles. The Balaban J connectivity index is 1.52. The molecule has 0 amide bonds. The van der Waals surface area contributed by atoms with Crippen molar-refractivity contribution in [3.8, 4) is 11.5 Å². The van der Waals surface area contributed by atoms with E-state index in [1.54, 1.807) is 0 Å². The Morgan fingerprint density at radius 2 is 2.16 bits per heavy atom. The fourth-order valence-corrected chi connectivity index (χ4v) is 3.32. The van der Waals surface area contributed by atoms with Crippen LogP contribution in [0.5, 0.6) is 0 Å². The quantitative estimate of drug-likeness (QED) is 0.925. The molecule has 2 aromatic rings. The number of hydrogen-bond acceptors (Lipinski definition) is 6. The molecule has 25 heavy (non-hydrogen) atoms. The van der Waals surface area contributed by atoms with Gasteiger partial charge in [0.25, 0.3) is 0 Å². The van der Waals surface area contributed by atoms with E-state index in [4.69, 9.17) is 4.74 Å². The Hall–Kier alpha value is -2.54. The molecule has 7 nitrogen and oxygen atoms in total. The summed E-state index contributed by atoms with van der Waals surface area (Å²) in [6.45, 7) is 5.69. The fourth-order valence-electron chi connectivity index (χ4n) is 3.32. The molecule has 2 aromatic heterocycles. The molecule has 130 valence electrons. The molecule has 7 heteroatoms. The first-order valence-corrected chi connectivity index (χ1v) is 8.69. The first kappa shape index (κ1) is 16.0. The van der Waals surface area contributed by atoms with E-state index in [1.165, 1.54) is 6.33 Å². The highest BCUT2D eigenvalue weighted by atomic mass is 16.5. The van der Waals surface area contributed by atoms with Crippen molar-refractivity contribution in [1.82, 2.24) is 25.1 Å².